The molecule has 0 bridgehead atoms. The summed E-state index contributed by atoms with van der Waals surface area (Å²) in [5.41, 5.74) is 6.45. The van der Waals surface area contributed by atoms with Crippen molar-refractivity contribution in [3.05, 3.63) is 17.3 Å². The number of hydrogen-bond donors (Lipinski definition) is 1. The molecule has 1 aromatic rings. The highest BCUT2D eigenvalue weighted by Crippen LogP contribution is 2.42. The van der Waals surface area contributed by atoms with E-state index in [9.17, 15) is 0 Å². The van der Waals surface area contributed by atoms with Gasteiger partial charge in [-0.1, -0.05) is 0 Å². The van der Waals surface area contributed by atoms with E-state index in [0.717, 1.165) is 11.5 Å². The van der Waals surface area contributed by atoms with E-state index in [2.05, 4.69) is 4.98 Å². The minimum absolute atomic E-state index is 0.460. The first kappa shape index (κ1) is 8.75. The summed E-state index contributed by atoms with van der Waals surface area (Å²) in [5.74, 6) is 2.32. The zero-order valence-electron chi connectivity index (χ0n) is 8.42. The van der Waals surface area contributed by atoms with Gasteiger partial charge in [-0.15, -0.1) is 0 Å². The van der Waals surface area contributed by atoms with Crippen LogP contribution in [0.5, 0.6) is 0 Å². The molecule has 1 fully saturated rings. The third-order valence-electron chi connectivity index (χ3n) is 2.33. The number of aryl methyl sites for hydroxylation is 1. The van der Waals surface area contributed by atoms with Crippen LogP contribution in [0.4, 0.5) is 0 Å². The Hall–Kier alpha value is -0.830. The highest BCUT2D eigenvalue weighted by molar-refractivity contribution is 5.19. The summed E-state index contributed by atoms with van der Waals surface area (Å²) < 4.78 is 5.67. The Morgan fingerprint density at radius 3 is 2.46 bits per heavy atom. The molecule has 1 heterocycles. The van der Waals surface area contributed by atoms with Gasteiger partial charge in [0.05, 0.1) is 11.2 Å². The monoisotopic (exact) mass is 180 g/mol. The zero-order valence-corrected chi connectivity index (χ0v) is 8.42. The Kier molecular flexibility index (Phi) is 1.74. The van der Waals surface area contributed by atoms with E-state index in [1.807, 2.05) is 20.8 Å². The molecule has 0 radical (unpaired) electrons. The minimum Gasteiger partial charge on any atom is -0.443 e. The van der Waals surface area contributed by atoms with Gasteiger partial charge in [0.2, 0.25) is 5.89 Å². The second kappa shape index (κ2) is 2.58. The maximum absolute atomic E-state index is 5.90. The standard InChI is InChI=1S/C10H16N2O/c1-6-8(7-4-5-7)13-9(12-6)10(2,3)11/h7H,4-5,11H2,1-3H3. The number of nitrogens with zero attached hydrogens (tertiary/aromatic N) is 1. The lowest BCUT2D eigenvalue weighted by atomic mass is 10.1. The molecule has 13 heavy (non-hydrogen) atoms. The molecule has 0 aromatic carbocycles. The van der Waals surface area contributed by atoms with Gasteiger partial charge >= 0.3 is 0 Å². The van der Waals surface area contributed by atoms with Gasteiger partial charge in [0, 0.05) is 5.92 Å². The van der Waals surface area contributed by atoms with Crippen molar-refractivity contribution in [1.82, 2.24) is 4.98 Å². The molecule has 2 rings (SSSR count). The van der Waals surface area contributed by atoms with Gasteiger partial charge in [-0.3, -0.25) is 0 Å². The molecule has 72 valence electrons. The minimum atomic E-state index is -0.460. The number of aromatic nitrogens is 1. The van der Waals surface area contributed by atoms with E-state index in [1.165, 1.54) is 12.8 Å². The summed E-state index contributed by atoms with van der Waals surface area (Å²) in [5, 5.41) is 0. The molecule has 0 aliphatic heterocycles. The molecular weight excluding hydrogens is 164 g/mol. The topological polar surface area (TPSA) is 52.0 Å². The number of oxazole rings is 1. The van der Waals surface area contributed by atoms with Crippen LogP contribution >= 0.6 is 0 Å². The van der Waals surface area contributed by atoms with Crippen molar-refractivity contribution >= 4 is 0 Å². The first-order chi connectivity index (χ1) is 5.98. The Balaban J connectivity index is 2.34. The van der Waals surface area contributed by atoms with Gasteiger partial charge < -0.3 is 10.2 Å². The van der Waals surface area contributed by atoms with Crippen molar-refractivity contribution in [3.63, 3.8) is 0 Å². The molecule has 1 aliphatic rings. The molecule has 1 aromatic heterocycles. The zero-order chi connectivity index (χ0) is 9.64. The summed E-state index contributed by atoms with van der Waals surface area (Å²) in [4.78, 5) is 4.35. The predicted molar refractivity (Wildman–Crippen MR) is 50.4 cm³/mol. The Bertz CT molecular complexity index is 318. The lowest BCUT2D eigenvalue weighted by Gasteiger charge is -2.12. The molecule has 1 aliphatic carbocycles. The summed E-state index contributed by atoms with van der Waals surface area (Å²) in [6, 6.07) is 0. The average Bonchev–Trinajstić information content (AvgIpc) is 2.73. The van der Waals surface area contributed by atoms with Crippen LogP contribution in [0.15, 0.2) is 4.42 Å². The van der Waals surface area contributed by atoms with Crippen LogP contribution < -0.4 is 5.73 Å². The van der Waals surface area contributed by atoms with Crippen LogP contribution in [0.1, 0.15) is 50.0 Å². The third kappa shape index (κ3) is 1.61. The normalized spacial score (nSPS) is 17.8. The fourth-order valence-electron chi connectivity index (χ4n) is 1.41. The highest BCUT2D eigenvalue weighted by atomic mass is 16.4. The molecule has 0 unspecified atom stereocenters. The summed E-state index contributed by atoms with van der Waals surface area (Å²) in [6.07, 6.45) is 2.47. The molecule has 1 saturated carbocycles. The fraction of sp³-hybridized carbons (Fsp3) is 0.700. The lowest BCUT2D eigenvalue weighted by Crippen LogP contribution is -2.29. The Morgan fingerprint density at radius 2 is 2.08 bits per heavy atom. The van der Waals surface area contributed by atoms with Crippen molar-refractivity contribution in [1.29, 1.82) is 0 Å². The quantitative estimate of drug-likeness (QED) is 0.757. The van der Waals surface area contributed by atoms with Crippen LogP contribution in [0, 0.1) is 6.92 Å². The predicted octanol–water partition coefficient (Wildman–Crippen LogP) is 2.05. The van der Waals surface area contributed by atoms with Crippen molar-refractivity contribution in [2.75, 3.05) is 0 Å². The Morgan fingerprint density at radius 1 is 1.46 bits per heavy atom. The van der Waals surface area contributed by atoms with Crippen molar-refractivity contribution in [2.24, 2.45) is 5.73 Å². The smallest absolute Gasteiger partial charge is 0.214 e. The summed E-state index contributed by atoms with van der Waals surface area (Å²) in [7, 11) is 0. The SMILES string of the molecule is Cc1nc(C(C)(C)N)oc1C1CC1. The number of rotatable bonds is 2. The summed E-state index contributed by atoms with van der Waals surface area (Å²) >= 11 is 0. The second-order valence-electron chi connectivity index (χ2n) is 4.46. The first-order valence-electron chi connectivity index (χ1n) is 4.75. The van der Waals surface area contributed by atoms with Gasteiger partial charge in [0.1, 0.15) is 5.76 Å². The molecule has 3 nitrogen and oxygen atoms in total. The van der Waals surface area contributed by atoms with Crippen molar-refractivity contribution in [3.8, 4) is 0 Å². The summed E-state index contributed by atoms with van der Waals surface area (Å²) in [6.45, 7) is 5.82. The van der Waals surface area contributed by atoms with Crippen LogP contribution in [0.25, 0.3) is 0 Å². The van der Waals surface area contributed by atoms with Crippen LogP contribution in [0.2, 0.25) is 0 Å². The van der Waals surface area contributed by atoms with Crippen LogP contribution in [-0.2, 0) is 5.54 Å². The number of nitrogens with two attached hydrogens (primary N) is 1. The van der Waals surface area contributed by atoms with Gasteiger partial charge in [-0.2, -0.15) is 0 Å². The molecule has 0 amide bonds. The second-order valence-corrected chi connectivity index (χ2v) is 4.46. The van der Waals surface area contributed by atoms with Crippen molar-refractivity contribution in [2.45, 2.75) is 45.1 Å². The van der Waals surface area contributed by atoms with Gasteiger partial charge in [0.15, 0.2) is 0 Å². The Labute approximate surface area is 78.3 Å². The molecule has 3 heteroatoms. The molecular formula is C10H16N2O. The van der Waals surface area contributed by atoms with E-state index < -0.39 is 5.54 Å². The molecule has 0 saturated heterocycles. The third-order valence-corrected chi connectivity index (χ3v) is 2.33. The van der Waals surface area contributed by atoms with E-state index >= 15 is 0 Å². The van der Waals surface area contributed by atoms with E-state index in [4.69, 9.17) is 10.2 Å². The van der Waals surface area contributed by atoms with E-state index in [0.29, 0.717) is 11.8 Å². The average molecular weight is 180 g/mol. The van der Waals surface area contributed by atoms with Crippen molar-refractivity contribution < 1.29 is 4.42 Å². The first-order valence-corrected chi connectivity index (χ1v) is 4.75. The van der Waals surface area contributed by atoms with E-state index in [1.54, 1.807) is 0 Å². The van der Waals surface area contributed by atoms with Gasteiger partial charge in [-0.05, 0) is 33.6 Å². The highest BCUT2D eigenvalue weighted by Gasteiger charge is 2.32. The lowest BCUT2D eigenvalue weighted by molar-refractivity contribution is 0.360. The van der Waals surface area contributed by atoms with Crippen LogP contribution in [-0.4, -0.2) is 4.98 Å². The molecule has 2 N–H and O–H groups in total. The largest absolute Gasteiger partial charge is 0.443 e. The van der Waals surface area contributed by atoms with Gasteiger partial charge in [0.25, 0.3) is 0 Å². The number of hydrogen-bond acceptors (Lipinski definition) is 3. The fourth-order valence-corrected chi connectivity index (χ4v) is 1.41. The van der Waals surface area contributed by atoms with Crippen LogP contribution in [0.3, 0.4) is 0 Å². The maximum atomic E-state index is 5.90. The maximum Gasteiger partial charge on any atom is 0.214 e. The van der Waals surface area contributed by atoms with Gasteiger partial charge in [-0.25, -0.2) is 4.98 Å². The molecule has 0 atom stereocenters. The molecule has 0 spiro atoms. The van der Waals surface area contributed by atoms with E-state index in [-0.39, 0.29) is 0 Å².